The van der Waals surface area contributed by atoms with Crippen LogP contribution in [0.4, 0.5) is 11.5 Å². The molecule has 0 bridgehead atoms. The van der Waals surface area contributed by atoms with Crippen LogP contribution in [-0.4, -0.2) is 48.6 Å². The van der Waals surface area contributed by atoms with Gasteiger partial charge in [-0.3, -0.25) is 9.59 Å². The van der Waals surface area contributed by atoms with Crippen molar-refractivity contribution in [2.75, 3.05) is 29.9 Å². The lowest BCUT2D eigenvalue weighted by molar-refractivity contribution is -0.136. The molecule has 2 N–H and O–H groups in total. The zero-order chi connectivity index (χ0) is 17.7. The molecule has 24 heavy (non-hydrogen) atoms. The predicted octanol–water partition coefficient (Wildman–Crippen LogP) is 1.66. The molecular formula is C16H21BrN4O3. The molecule has 0 aliphatic carbocycles. The van der Waals surface area contributed by atoms with Gasteiger partial charge in [0.05, 0.1) is 24.1 Å². The van der Waals surface area contributed by atoms with Crippen molar-refractivity contribution in [2.45, 2.75) is 26.1 Å². The molecule has 7 nitrogen and oxygen atoms in total. The van der Waals surface area contributed by atoms with Crippen molar-refractivity contribution in [2.24, 2.45) is 0 Å². The lowest BCUT2D eigenvalue weighted by atomic mass is 10.2. The summed E-state index contributed by atoms with van der Waals surface area (Å²) in [6.45, 7) is 9.36. The van der Waals surface area contributed by atoms with E-state index in [9.17, 15) is 9.59 Å². The smallest absolute Gasteiger partial charge is 0.313 e. The average Bonchev–Trinajstić information content (AvgIpc) is 2.52. The molecule has 0 saturated carbocycles. The van der Waals surface area contributed by atoms with Crippen LogP contribution >= 0.6 is 15.9 Å². The Balaban J connectivity index is 1.93. The fourth-order valence-corrected chi connectivity index (χ4v) is 2.60. The molecule has 1 aliphatic heterocycles. The molecule has 0 radical (unpaired) electrons. The average molecular weight is 397 g/mol. The normalized spacial score (nSPS) is 20.4. The molecule has 2 atom stereocenters. The number of anilines is 2. The third-order valence-electron chi connectivity index (χ3n) is 3.40. The highest BCUT2D eigenvalue weighted by molar-refractivity contribution is 9.11. The van der Waals surface area contributed by atoms with Crippen molar-refractivity contribution in [3.8, 4) is 0 Å². The molecule has 1 fully saturated rings. The Morgan fingerprint density at radius 2 is 2.00 bits per heavy atom. The lowest BCUT2D eigenvalue weighted by Gasteiger charge is -2.36. The highest BCUT2D eigenvalue weighted by Gasteiger charge is 2.23. The number of hydrogen-bond acceptors (Lipinski definition) is 5. The Hall–Kier alpha value is -1.93. The van der Waals surface area contributed by atoms with Gasteiger partial charge in [0.25, 0.3) is 0 Å². The van der Waals surface area contributed by atoms with Crippen molar-refractivity contribution in [1.82, 2.24) is 10.3 Å². The fraction of sp³-hybridized carbons (Fsp3) is 0.438. The van der Waals surface area contributed by atoms with Gasteiger partial charge in [-0.15, -0.1) is 0 Å². The summed E-state index contributed by atoms with van der Waals surface area (Å²) in [5, 5.41) is 4.95. The molecule has 0 aromatic carbocycles. The number of hydrogen-bond donors (Lipinski definition) is 2. The van der Waals surface area contributed by atoms with Gasteiger partial charge >= 0.3 is 11.8 Å². The van der Waals surface area contributed by atoms with E-state index in [-0.39, 0.29) is 18.8 Å². The maximum absolute atomic E-state index is 11.8. The predicted molar refractivity (Wildman–Crippen MR) is 96.2 cm³/mol. The van der Waals surface area contributed by atoms with Crippen molar-refractivity contribution in [3.05, 3.63) is 29.4 Å². The van der Waals surface area contributed by atoms with Gasteiger partial charge in [0.15, 0.2) is 0 Å². The first kappa shape index (κ1) is 18.4. The Bertz CT molecular complexity index is 610. The number of aromatic nitrogens is 1. The number of amides is 2. The van der Waals surface area contributed by atoms with Crippen LogP contribution in [-0.2, 0) is 14.3 Å². The van der Waals surface area contributed by atoms with Gasteiger partial charge in [-0.25, -0.2) is 4.98 Å². The van der Waals surface area contributed by atoms with Crippen molar-refractivity contribution >= 4 is 39.2 Å². The third-order valence-corrected chi connectivity index (χ3v) is 3.68. The van der Waals surface area contributed by atoms with Gasteiger partial charge in [-0.2, -0.15) is 0 Å². The third kappa shape index (κ3) is 5.31. The highest BCUT2D eigenvalue weighted by Crippen LogP contribution is 2.19. The number of nitrogens with one attached hydrogen (secondary N) is 2. The van der Waals surface area contributed by atoms with E-state index in [2.05, 4.69) is 43.0 Å². The van der Waals surface area contributed by atoms with Crippen LogP contribution in [0.5, 0.6) is 0 Å². The van der Waals surface area contributed by atoms with Crippen LogP contribution in [0.3, 0.4) is 0 Å². The number of morpholine rings is 1. The summed E-state index contributed by atoms with van der Waals surface area (Å²) in [6.07, 6.45) is 1.82. The van der Waals surface area contributed by atoms with Crippen LogP contribution in [0.1, 0.15) is 13.8 Å². The summed E-state index contributed by atoms with van der Waals surface area (Å²) in [7, 11) is 0. The summed E-state index contributed by atoms with van der Waals surface area (Å²) in [4.78, 5) is 29.9. The first-order valence-electron chi connectivity index (χ1n) is 7.64. The molecular weight excluding hydrogens is 376 g/mol. The first-order valence-corrected chi connectivity index (χ1v) is 8.43. The minimum absolute atomic E-state index is 0.141. The van der Waals surface area contributed by atoms with E-state index in [0.29, 0.717) is 10.2 Å². The van der Waals surface area contributed by atoms with Gasteiger partial charge in [0.1, 0.15) is 5.82 Å². The molecule has 2 unspecified atom stereocenters. The molecule has 2 rings (SSSR count). The maximum atomic E-state index is 11.8. The Labute approximate surface area is 149 Å². The highest BCUT2D eigenvalue weighted by atomic mass is 79.9. The topological polar surface area (TPSA) is 83.6 Å². The summed E-state index contributed by atoms with van der Waals surface area (Å²) >= 11 is 3.11. The maximum Gasteiger partial charge on any atom is 0.313 e. The van der Waals surface area contributed by atoms with E-state index in [4.69, 9.17) is 4.74 Å². The van der Waals surface area contributed by atoms with Gasteiger partial charge in [0.2, 0.25) is 0 Å². The van der Waals surface area contributed by atoms with E-state index >= 15 is 0 Å². The van der Waals surface area contributed by atoms with Crippen molar-refractivity contribution in [3.63, 3.8) is 0 Å². The second kappa shape index (κ2) is 8.25. The Kier molecular flexibility index (Phi) is 6.33. The van der Waals surface area contributed by atoms with Crippen molar-refractivity contribution in [1.29, 1.82) is 0 Å². The molecule has 1 saturated heterocycles. The van der Waals surface area contributed by atoms with Crippen molar-refractivity contribution < 1.29 is 14.3 Å². The molecule has 8 heteroatoms. The molecule has 1 aromatic heterocycles. The van der Waals surface area contributed by atoms with Crippen LogP contribution in [0.2, 0.25) is 0 Å². The fourth-order valence-electron chi connectivity index (χ4n) is 2.46. The Morgan fingerprint density at radius 3 is 2.54 bits per heavy atom. The number of rotatable bonds is 4. The van der Waals surface area contributed by atoms with E-state index < -0.39 is 11.8 Å². The second-order valence-corrected chi connectivity index (χ2v) is 6.84. The second-order valence-electron chi connectivity index (χ2n) is 5.72. The summed E-state index contributed by atoms with van der Waals surface area (Å²) in [6, 6.07) is 3.54. The molecule has 1 aromatic rings. The van der Waals surface area contributed by atoms with Gasteiger partial charge in [-0.05, 0) is 26.0 Å². The Morgan fingerprint density at radius 1 is 1.33 bits per heavy atom. The largest absolute Gasteiger partial charge is 0.372 e. The number of carbonyl (C=O) groups excluding carboxylic acids is 2. The van der Waals surface area contributed by atoms with Crippen LogP contribution < -0.4 is 15.5 Å². The summed E-state index contributed by atoms with van der Waals surface area (Å²) in [5.41, 5.74) is 0.464. The number of carbonyl (C=O) groups is 2. The molecule has 1 aliphatic rings. The summed E-state index contributed by atoms with van der Waals surface area (Å²) in [5.74, 6) is -0.655. The number of pyridine rings is 1. The van der Waals surface area contributed by atoms with Gasteiger partial charge < -0.3 is 20.3 Å². The lowest BCUT2D eigenvalue weighted by Crippen LogP contribution is -2.45. The zero-order valence-corrected chi connectivity index (χ0v) is 15.3. The zero-order valence-electron chi connectivity index (χ0n) is 13.7. The standard InChI is InChI=1S/C16H21BrN4O3/c1-10(17)6-19-15(22)16(23)20-13-4-5-14(18-7-13)21-8-11(2)24-12(3)9-21/h4-5,7,11-12H,1,6,8-9H2,2-3H3,(H,19,22)(H,20,23). The summed E-state index contributed by atoms with van der Waals surface area (Å²) < 4.78 is 6.29. The van der Waals surface area contributed by atoms with Gasteiger partial charge in [-0.1, -0.05) is 22.5 Å². The van der Waals surface area contributed by atoms with E-state index in [1.165, 1.54) is 6.20 Å². The quantitative estimate of drug-likeness (QED) is 0.756. The van der Waals surface area contributed by atoms with Crippen LogP contribution in [0.15, 0.2) is 29.4 Å². The minimum Gasteiger partial charge on any atom is -0.372 e. The van der Waals surface area contributed by atoms with E-state index in [0.717, 1.165) is 18.9 Å². The van der Waals surface area contributed by atoms with Crippen LogP contribution in [0.25, 0.3) is 0 Å². The van der Waals surface area contributed by atoms with Gasteiger partial charge in [0, 0.05) is 24.1 Å². The van der Waals surface area contributed by atoms with E-state index in [1.54, 1.807) is 6.07 Å². The molecule has 130 valence electrons. The molecule has 0 spiro atoms. The molecule has 2 amide bonds. The van der Waals surface area contributed by atoms with Crippen LogP contribution in [0, 0.1) is 0 Å². The minimum atomic E-state index is -0.744. The monoisotopic (exact) mass is 396 g/mol. The first-order chi connectivity index (χ1) is 11.3. The SMILES string of the molecule is C=C(Br)CNC(=O)C(=O)Nc1ccc(N2CC(C)OC(C)C2)nc1. The number of ether oxygens (including phenoxy) is 1. The number of nitrogens with zero attached hydrogens (tertiary/aromatic N) is 2. The number of halogens is 1. The molecule has 2 heterocycles. The van der Waals surface area contributed by atoms with E-state index in [1.807, 2.05) is 19.9 Å².